The molecular formula is C16H19N3O. The molecule has 20 heavy (non-hydrogen) atoms. The minimum absolute atomic E-state index is 0.133. The molecule has 1 aromatic rings. The Balaban J connectivity index is 3.81. The van der Waals surface area contributed by atoms with Crippen molar-refractivity contribution < 1.29 is 0 Å². The first-order chi connectivity index (χ1) is 9.60. The van der Waals surface area contributed by atoms with Crippen molar-refractivity contribution in [3.05, 3.63) is 70.3 Å². The van der Waals surface area contributed by atoms with Gasteiger partial charge in [0.25, 0.3) is 5.56 Å². The summed E-state index contributed by atoms with van der Waals surface area (Å²) in [6.45, 7) is 13.1. The molecule has 1 rings (SSSR count). The summed E-state index contributed by atoms with van der Waals surface area (Å²) in [7, 11) is 0. The normalized spacial score (nSPS) is 12.9. The van der Waals surface area contributed by atoms with Crippen molar-refractivity contribution in [3.63, 3.8) is 0 Å². The van der Waals surface area contributed by atoms with Crippen molar-refractivity contribution in [2.75, 3.05) is 0 Å². The van der Waals surface area contributed by atoms with Crippen LogP contribution in [0.4, 0.5) is 0 Å². The Bertz CT molecular complexity index is 736. The molecular weight excluding hydrogens is 250 g/mol. The highest BCUT2D eigenvalue weighted by Gasteiger charge is 2.08. The van der Waals surface area contributed by atoms with Crippen molar-refractivity contribution in [2.45, 2.75) is 13.5 Å². The molecule has 1 heterocycles. The fourth-order valence-corrected chi connectivity index (χ4v) is 1.70. The summed E-state index contributed by atoms with van der Waals surface area (Å²) in [5, 5.41) is 0.784. The van der Waals surface area contributed by atoms with Crippen LogP contribution in [0, 0.1) is 0 Å². The SMILES string of the molecule is C=C/C=c1/nc(CN)n(/C(C=C)=C/C=C\C)c(=O)c1=C. The second-order valence-electron chi connectivity index (χ2n) is 3.96. The van der Waals surface area contributed by atoms with E-state index in [1.807, 2.05) is 19.1 Å². The van der Waals surface area contributed by atoms with Gasteiger partial charge in [-0.25, -0.2) is 4.98 Å². The highest BCUT2D eigenvalue weighted by atomic mass is 16.1. The van der Waals surface area contributed by atoms with E-state index in [1.54, 1.807) is 24.3 Å². The number of allylic oxidation sites excluding steroid dienone is 6. The highest BCUT2D eigenvalue weighted by molar-refractivity contribution is 5.59. The van der Waals surface area contributed by atoms with Crippen LogP contribution in [0.1, 0.15) is 12.7 Å². The summed E-state index contributed by atoms with van der Waals surface area (Å²) in [5.74, 6) is 0.450. The van der Waals surface area contributed by atoms with E-state index in [0.717, 1.165) is 0 Å². The second-order valence-corrected chi connectivity index (χ2v) is 3.96. The first kappa shape index (κ1) is 15.6. The lowest BCUT2D eigenvalue weighted by Crippen LogP contribution is -2.47. The summed E-state index contributed by atoms with van der Waals surface area (Å²) in [4.78, 5) is 16.8. The van der Waals surface area contributed by atoms with E-state index in [1.165, 1.54) is 4.57 Å². The van der Waals surface area contributed by atoms with Crippen molar-refractivity contribution >= 4 is 18.4 Å². The van der Waals surface area contributed by atoms with E-state index >= 15 is 0 Å². The van der Waals surface area contributed by atoms with E-state index in [2.05, 4.69) is 24.7 Å². The maximum atomic E-state index is 12.4. The number of nitrogens with two attached hydrogens (primary N) is 1. The number of nitrogens with zero attached hydrogens (tertiary/aromatic N) is 2. The first-order valence-corrected chi connectivity index (χ1v) is 6.20. The Morgan fingerprint density at radius 2 is 2.15 bits per heavy atom. The van der Waals surface area contributed by atoms with Crippen molar-refractivity contribution in [1.82, 2.24) is 9.55 Å². The maximum Gasteiger partial charge on any atom is 0.265 e. The number of hydrogen-bond donors (Lipinski definition) is 1. The van der Waals surface area contributed by atoms with Crippen LogP contribution in [-0.4, -0.2) is 9.55 Å². The molecule has 0 amide bonds. The van der Waals surface area contributed by atoms with Crippen LogP contribution in [0.2, 0.25) is 0 Å². The molecule has 0 fully saturated rings. The quantitative estimate of drug-likeness (QED) is 0.800. The summed E-state index contributed by atoms with van der Waals surface area (Å²) in [6, 6.07) is 0. The predicted molar refractivity (Wildman–Crippen MR) is 85.1 cm³/mol. The van der Waals surface area contributed by atoms with Gasteiger partial charge < -0.3 is 5.73 Å². The average molecular weight is 269 g/mol. The Kier molecular flexibility index (Phi) is 5.62. The van der Waals surface area contributed by atoms with Crippen LogP contribution < -0.4 is 21.9 Å². The number of aromatic nitrogens is 2. The molecule has 0 aliphatic rings. The van der Waals surface area contributed by atoms with Gasteiger partial charge in [-0.2, -0.15) is 0 Å². The van der Waals surface area contributed by atoms with E-state index in [9.17, 15) is 4.79 Å². The third kappa shape index (κ3) is 3.10. The molecule has 0 bridgehead atoms. The minimum atomic E-state index is -0.260. The number of hydrogen-bond acceptors (Lipinski definition) is 3. The van der Waals surface area contributed by atoms with Crippen molar-refractivity contribution in [3.8, 4) is 0 Å². The van der Waals surface area contributed by atoms with Gasteiger partial charge in [0.05, 0.1) is 17.1 Å². The first-order valence-electron chi connectivity index (χ1n) is 6.20. The van der Waals surface area contributed by atoms with Crippen LogP contribution in [0.15, 0.2) is 48.3 Å². The molecule has 0 radical (unpaired) electrons. The molecule has 0 saturated heterocycles. The lowest BCUT2D eigenvalue weighted by atomic mass is 10.3. The molecule has 0 unspecified atom stereocenters. The molecule has 0 aromatic carbocycles. The van der Waals surface area contributed by atoms with Gasteiger partial charge in [-0.1, -0.05) is 38.0 Å². The lowest BCUT2D eigenvalue weighted by molar-refractivity contribution is 0.795. The molecule has 2 N–H and O–H groups in total. The topological polar surface area (TPSA) is 60.9 Å². The molecule has 4 heteroatoms. The molecule has 1 aromatic heterocycles. The van der Waals surface area contributed by atoms with E-state index in [0.29, 0.717) is 22.1 Å². The fraction of sp³-hybridized carbons (Fsp3) is 0.125. The Morgan fingerprint density at radius 3 is 2.65 bits per heavy atom. The standard InChI is InChI=1S/C16H19N3O/c1-5-8-10-13(7-3)19-15(11-17)18-14(9-6-2)12(4)16(19)20/h5-10H,2-4,11,17H2,1H3/b8-5-,13-10+,14-9+. The molecule has 0 spiro atoms. The molecule has 0 aliphatic heterocycles. The van der Waals surface area contributed by atoms with Gasteiger partial charge in [0.15, 0.2) is 0 Å². The van der Waals surface area contributed by atoms with Crippen molar-refractivity contribution in [2.24, 2.45) is 5.73 Å². The Labute approximate surface area is 118 Å². The zero-order valence-corrected chi connectivity index (χ0v) is 11.7. The maximum absolute atomic E-state index is 12.4. The fourth-order valence-electron chi connectivity index (χ4n) is 1.70. The zero-order chi connectivity index (χ0) is 15.1. The smallest absolute Gasteiger partial charge is 0.265 e. The van der Waals surface area contributed by atoms with Gasteiger partial charge in [0, 0.05) is 5.70 Å². The highest BCUT2D eigenvalue weighted by Crippen LogP contribution is 2.04. The second kappa shape index (κ2) is 7.21. The molecule has 0 saturated carbocycles. The van der Waals surface area contributed by atoms with Crippen LogP contribution in [0.25, 0.3) is 18.4 Å². The van der Waals surface area contributed by atoms with E-state index in [4.69, 9.17) is 5.73 Å². The predicted octanol–water partition coefficient (Wildman–Crippen LogP) is 0.682. The number of rotatable bonds is 5. The van der Waals surface area contributed by atoms with Crippen molar-refractivity contribution in [1.29, 1.82) is 0 Å². The van der Waals surface area contributed by atoms with Gasteiger partial charge in [-0.3, -0.25) is 9.36 Å². The van der Waals surface area contributed by atoms with Crippen LogP contribution >= 0.6 is 0 Å². The average Bonchev–Trinajstić information content (AvgIpc) is 2.46. The minimum Gasteiger partial charge on any atom is -0.324 e. The third-order valence-corrected chi connectivity index (χ3v) is 2.66. The van der Waals surface area contributed by atoms with E-state index < -0.39 is 0 Å². The lowest BCUT2D eigenvalue weighted by Gasteiger charge is -2.11. The summed E-state index contributed by atoms with van der Waals surface area (Å²) < 4.78 is 1.43. The van der Waals surface area contributed by atoms with Gasteiger partial charge >= 0.3 is 0 Å². The van der Waals surface area contributed by atoms with Gasteiger partial charge in [-0.15, -0.1) is 0 Å². The largest absolute Gasteiger partial charge is 0.324 e. The third-order valence-electron chi connectivity index (χ3n) is 2.66. The van der Waals surface area contributed by atoms with E-state index in [-0.39, 0.29) is 12.1 Å². The zero-order valence-electron chi connectivity index (χ0n) is 11.7. The van der Waals surface area contributed by atoms with Gasteiger partial charge in [0.1, 0.15) is 5.82 Å². The molecule has 0 aliphatic carbocycles. The van der Waals surface area contributed by atoms with Gasteiger partial charge in [-0.05, 0) is 25.2 Å². The molecule has 0 atom stereocenters. The summed E-state index contributed by atoms with van der Waals surface area (Å²) in [5.41, 5.74) is 6.04. The monoisotopic (exact) mass is 269 g/mol. The summed E-state index contributed by atoms with van der Waals surface area (Å²) in [6.07, 6.45) is 10.2. The van der Waals surface area contributed by atoms with Crippen LogP contribution in [-0.2, 0) is 6.54 Å². The van der Waals surface area contributed by atoms with Crippen LogP contribution in [0.3, 0.4) is 0 Å². The Morgan fingerprint density at radius 1 is 1.45 bits per heavy atom. The summed E-state index contributed by atoms with van der Waals surface area (Å²) >= 11 is 0. The molecule has 4 nitrogen and oxygen atoms in total. The van der Waals surface area contributed by atoms with Gasteiger partial charge in [0.2, 0.25) is 0 Å². The Hall–Kier alpha value is -2.46. The molecule has 104 valence electrons. The van der Waals surface area contributed by atoms with Crippen LogP contribution in [0.5, 0.6) is 0 Å².